The van der Waals surface area contributed by atoms with E-state index in [0.29, 0.717) is 13.2 Å². The van der Waals surface area contributed by atoms with Gasteiger partial charge in [0, 0.05) is 0 Å². The second kappa shape index (κ2) is 7.43. The molecule has 5 heteroatoms. The number of carbonyl (C=O) groups excluding carboxylic acids is 1. The van der Waals surface area contributed by atoms with Crippen LogP contribution >= 0.6 is 0 Å². The number of ether oxygens (including phenoxy) is 2. The molecule has 1 aromatic rings. The molecule has 0 spiro atoms. The highest BCUT2D eigenvalue weighted by atomic mass is 16.6. The minimum Gasteiger partial charge on any atom is -0.478 e. The minimum absolute atomic E-state index is 0.379. The van der Waals surface area contributed by atoms with Gasteiger partial charge in [-0.2, -0.15) is 0 Å². The van der Waals surface area contributed by atoms with Gasteiger partial charge in [-0.25, -0.2) is 0 Å². The van der Waals surface area contributed by atoms with Gasteiger partial charge >= 0.3 is 5.97 Å². The number of hydrogen-bond donors (Lipinski definition) is 1. The maximum atomic E-state index is 11.8. The highest BCUT2D eigenvalue weighted by molar-refractivity contribution is 5.76. The number of hydrogen-bond acceptors (Lipinski definition) is 5. The van der Waals surface area contributed by atoms with Gasteiger partial charge in [-0.1, -0.05) is 12.1 Å². The Kier molecular flexibility index (Phi) is 6.18. The normalized spacial score (nSPS) is 13.1. The van der Waals surface area contributed by atoms with Crippen LogP contribution in [0.1, 0.15) is 26.3 Å². The summed E-state index contributed by atoms with van der Waals surface area (Å²) in [4.78, 5) is 13.8. The lowest BCUT2D eigenvalue weighted by Gasteiger charge is -2.22. The van der Waals surface area contributed by atoms with Crippen LogP contribution in [0.4, 0.5) is 0 Å². The molecule has 0 heterocycles. The summed E-state index contributed by atoms with van der Waals surface area (Å²) in [7, 11) is 3.88. The molecular weight excluding hydrogens is 268 g/mol. The Hall–Kier alpha value is -1.59. The Labute approximate surface area is 127 Å². The number of nitrogens with two attached hydrogens (primary N) is 1. The van der Waals surface area contributed by atoms with Crippen LogP contribution in [0.15, 0.2) is 24.3 Å². The van der Waals surface area contributed by atoms with Crippen LogP contribution in [0.5, 0.6) is 5.75 Å². The topological polar surface area (TPSA) is 64.8 Å². The van der Waals surface area contributed by atoms with Gasteiger partial charge in [-0.15, -0.1) is 0 Å². The van der Waals surface area contributed by atoms with Crippen LogP contribution < -0.4 is 10.5 Å². The molecule has 0 saturated heterocycles. The molecule has 0 bridgehead atoms. The molecule has 0 aliphatic heterocycles. The first-order valence-corrected chi connectivity index (χ1v) is 7.02. The van der Waals surface area contributed by atoms with Gasteiger partial charge in [-0.05, 0) is 59.0 Å². The lowest BCUT2D eigenvalue weighted by atomic mass is 10.1. The van der Waals surface area contributed by atoms with E-state index in [4.69, 9.17) is 15.2 Å². The van der Waals surface area contributed by atoms with E-state index in [1.165, 1.54) is 0 Å². The molecule has 5 nitrogen and oxygen atoms in total. The van der Waals surface area contributed by atoms with Crippen molar-refractivity contribution in [2.24, 2.45) is 5.73 Å². The average molecular weight is 294 g/mol. The summed E-state index contributed by atoms with van der Waals surface area (Å²) in [6, 6.07) is 6.92. The molecule has 0 amide bonds. The lowest BCUT2D eigenvalue weighted by molar-refractivity contribution is -0.156. The van der Waals surface area contributed by atoms with Crippen LogP contribution in [-0.4, -0.2) is 43.3 Å². The molecule has 1 atom stereocenters. The zero-order valence-corrected chi connectivity index (χ0v) is 13.6. The quantitative estimate of drug-likeness (QED) is 0.640. The smallest absolute Gasteiger partial charge is 0.323 e. The first-order chi connectivity index (χ1) is 9.67. The highest BCUT2D eigenvalue weighted by Gasteiger charge is 2.22. The predicted molar refractivity (Wildman–Crippen MR) is 83.1 cm³/mol. The van der Waals surface area contributed by atoms with Crippen molar-refractivity contribution >= 4 is 5.97 Å². The molecule has 21 heavy (non-hydrogen) atoms. The third-order valence-electron chi connectivity index (χ3n) is 2.58. The van der Waals surface area contributed by atoms with Crippen molar-refractivity contribution in [2.45, 2.75) is 38.8 Å². The second-order valence-corrected chi connectivity index (χ2v) is 6.34. The van der Waals surface area contributed by atoms with Crippen molar-refractivity contribution < 1.29 is 14.3 Å². The Morgan fingerprint density at radius 1 is 1.24 bits per heavy atom. The molecule has 118 valence electrons. The summed E-state index contributed by atoms with van der Waals surface area (Å²) in [5.74, 6) is 0.411. The third-order valence-corrected chi connectivity index (χ3v) is 2.58. The minimum atomic E-state index is -0.655. The third kappa shape index (κ3) is 7.11. The summed E-state index contributed by atoms with van der Waals surface area (Å²) in [6.07, 6.45) is 0.447. The predicted octanol–water partition coefficient (Wildman–Crippen LogP) is 1.80. The largest absolute Gasteiger partial charge is 0.478 e. The van der Waals surface area contributed by atoms with E-state index < -0.39 is 11.6 Å². The molecule has 0 saturated carbocycles. The van der Waals surface area contributed by atoms with Crippen molar-refractivity contribution in [3.63, 3.8) is 0 Å². The second-order valence-electron chi connectivity index (χ2n) is 6.34. The van der Waals surface area contributed by atoms with Crippen molar-refractivity contribution in [2.75, 3.05) is 20.8 Å². The summed E-state index contributed by atoms with van der Waals surface area (Å²) in [6.45, 7) is 6.01. The fraction of sp³-hybridized carbons (Fsp3) is 0.562. The Morgan fingerprint density at radius 2 is 1.81 bits per heavy atom. The summed E-state index contributed by atoms with van der Waals surface area (Å²) in [5.41, 5.74) is 6.34. The molecule has 1 rings (SSSR count). The van der Waals surface area contributed by atoms with E-state index in [1.807, 2.05) is 64.0 Å². The van der Waals surface area contributed by atoms with Crippen molar-refractivity contribution in [3.8, 4) is 5.75 Å². The Balaban J connectivity index is 2.53. The lowest BCUT2D eigenvalue weighted by Crippen LogP contribution is -2.38. The number of esters is 1. The monoisotopic (exact) mass is 294 g/mol. The molecule has 0 radical (unpaired) electrons. The Morgan fingerprint density at radius 3 is 2.29 bits per heavy atom. The molecular formula is C16H26N2O3. The average Bonchev–Trinajstić information content (AvgIpc) is 2.35. The van der Waals surface area contributed by atoms with E-state index in [-0.39, 0.29) is 5.97 Å². The number of benzene rings is 1. The molecule has 0 aliphatic carbocycles. The van der Waals surface area contributed by atoms with E-state index in [1.54, 1.807) is 0 Å². The van der Waals surface area contributed by atoms with Crippen LogP contribution in [0.2, 0.25) is 0 Å². The maximum absolute atomic E-state index is 11.8. The maximum Gasteiger partial charge on any atom is 0.323 e. The van der Waals surface area contributed by atoms with Crippen molar-refractivity contribution in [3.05, 3.63) is 29.8 Å². The molecule has 0 aliphatic rings. The van der Waals surface area contributed by atoms with Gasteiger partial charge in [0.2, 0.25) is 0 Å². The molecule has 1 aromatic carbocycles. The summed E-state index contributed by atoms with van der Waals surface area (Å²) < 4.78 is 10.8. The standard InChI is InChI=1S/C16H26N2O3/c1-16(2,3)21-15(19)14(17)10-12-6-8-13(9-7-12)20-11-18(4)5/h6-9,14H,10-11,17H2,1-5H3/t14-/m0/s1. The van der Waals surface area contributed by atoms with Gasteiger partial charge < -0.3 is 15.2 Å². The van der Waals surface area contributed by atoms with Crippen LogP contribution in [-0.2, 0) is 16.0 Å². The van der Waals surface area contributed by atoms with E-state index in [9.17, 15) is 4.79 Å². The molecule has 0 aromatic heterocycles. The summed E-state index contributed by atoms with van der Waals surface area (Å²) in [5, 5.41) is 0. The van der Waals surface area contributed by atoms with Crippen LogP contribution in [0.3, 0.4) is 0 Å². The zero-order valence-electron chi connectivity index (χ0n) is 13.6. The van der Waals surface area contributed by atoms with Crippen molar-refractivity contribution in [1.82, 2.24) is 4.90 Å². The Bertz CT molecular complexity index is 450. The SMILES string of the molecule is CN(C)COc1ccc(C[C@H](N)C(=O)OC(C)(C)C)cc1. The van der Waals surface area contributed by atoms with Gasteiger partial charge in [0.1, 0.15) is 24.1 Å². The van der Waals surface area contributed by atoms with Gasteiger partial charge in [0.15, 0.2) is 0 Å². The van der Waals surface area contributed by atoms with E-state index in [2.05, 4.69) is 0 Å². The van der Waals surface area contributed by atoms with Gasteiger partial charge in [0.05, 0.1) is 0 Å². The molecule has 0 unspecified atom stereocenters. The summed E-state index contributed by atoms with van der Waals surface area (Å²) >= 11 is 0. The molecule has 2 N–H and O–H groups in total. The number of nitrogens with zero attached hydrogens (tertiary/aromatic N) is 1. The fourth-order valence-corrected chi connectivity index (χ4v) is 1.64. The van der Waals surface area contributed by atoms with E-state index >= 15 is 0 Å². The van der Waals surface area contributed by atoms with Gasteiger partial charge in [0.25, 0.3) is 0 Å². The fourth-order valence-electron chi connectivity index (χ4n) is 1.64. The highest BCUT2D eigenvalue weighted by Crippen LogP contribution is 2.14. The van der Waals surface area contributed by atoms with Crippen LogP contribution in [0.25, 0.3) is 0 Å². The molecule has 0 fully saturated rings. The van der Waals surface area contributed by atoms with Gasteiger partial charge in [-0.3, -0.25) is 9.69 Å². The number of rotatable bonds is 6. The van der Waals surface area contributed by atoms with Crippen molar-refractivity contribution in [1.29, 1.82) is 0 Å². The first kappa shape index (κ1) is 17.5. The zero-order chi connectivity index (χ0) is 16.0. The first-order valence-electron chi connectivity index (χ1n) is 7.02. The number of carbonyl (C=O) groups is 1. The van der Waals surface area contributed by atoms with E-state index in [0.717, 1.165) is 11.3 Å². The van der Waals surface area contributed by atoms with Crippen LogP contribution in [0, 0.1) is 0 Å².